The summed E-state index contributed by atoms with van der Waals surface area (Å²) in [6.07, 6.45) is -1.76. The number of nitrogens with zero attached hydrogens (tertiary/aromatic N) is 3. The number of aromatic nitrogens is 4. The first-order chi connectivity index (χ1) is 8.90. The van der Waals surface area contributed by atoms with Crippen LogP contribution in [0, 0.1) is 0 Å². The zero-order valence-corrected chi connectivity index (χ0v) is 10.0. The largest absolute Gasteiger partial charge is 0.449 e. The van der Waals surface area contributed by atoms with Gasteiger partial charge in [-0.3, -0.25) is 4.79 Å². The van der Waals surface area contributed by atoms with Crippen molar-refractivity contribution >= 4 is 0 Å². The van der Waals surface area contributed by atoms with Gasteiger partial charge >= 0.3 is 6.18 Å². The molecule has 0 fully saturated rings. The van der Waals surface area contributed by atoms with Gasteiger partial charge < -0.3 is 9.55 Å². The zero-order chi connectivity index (χ0) is 14.0. The SMILES string of the molecule is CCc1nc(Cn2ccnc2C(F)(F)F)cc(=O)[nH]1. The van der Waals surface area contributed by atoms with Gasteiger partial charge in [-0.1, -0.05) is 6.92 Å². The number of H-pyrrole nitrogens is 1. The minimum Gasteiger partial charge on any atom is -0.321 e. The van der Waals surface area contributed by atoms with E-state index in [2.05, 4.69) is 15.0 Å². The zero-order valence-electron chi connectivity index (χ0n) is 10.0. The Morgan fingerprint density at radius 2 is 2.16 bits per heavy atom. The van der Waals surface area contributed by atoms with E-state index in [1.807, 2.05) is 0 Å². The Morgan fingerprint density at radius 3 is 2.79 bits per heavy atom. The van der Waals surface area contributed by atoms with Gasteiger partial charge in [0.2, 0.25) is 5.82 Å². The molecule has 0 aliphatic heterocycles. The van der Waals surface area contributed by atoms with Gasteiger partial charge in [0.1, 0.15) is 5.82 Å². The third-order valence-electron chi connectivity index (χ3n) is 2.48. The summed E-state index contributed by atoms with van der Waals surface area (Å²) < 4.78 is 38.8. The average molecular weight is 272 g/mol. The molecule has 0 aliphatic rings. The quantitative estimate of drug-likeness (QED) is 0.923. The lowest BCUT2D eigenvalue weighted by atomic mass is 10.3. The molecule has 102 valence electrons. The highest BCUT2D eigenvalue weighted by molar-refractivity contribution is 5.07. The predicted octanol–water partition coefficient (Wildman–Crippen LogP) is 1.60. The molecule has 2 aromatic rings. The van der Waals surface area contributed by atoms with Gasteiger partial charge in [0, 0.05) is 24.9 Å². The standard InChI is InChI=1S/C11H11F3N4O/c1-2-8-16-7(5-9(19)17-8)6-18-4-3-15-10(18)11(12,13)14/h3-5H,2,6H2,1H3,(H,16,17,19). The van der Waals surface area contributed by atoms with E-state index in [0.29, 0.717) is 12.2 Å². The lowest BCUT2D eigenvalue weighted by Crippen LogP contribution is -2.18. The number of hydrogen-bond donors (Lipinski definition) is 1. The number of nitrogens with one attached hydrogen (secondary N) is 1. The fraction of sp³-hybridized carbons (Fsp3) is 0.364. The third kappa shape index (κ3) is 3.01. The minimum absolute atomic E-state index is 0.147. The molecule has 0 radical (unpaired) electrons. The summed E-state index contributed by atoms with van der Waals surface area (Å²) in [6, 6.07) is 1.18. The fourth-order valence-corrected chi connectivity index (χ4v) is 1.68. The molecule has 2 aromatic heterocycles. The molecule has 19 heavy (non-hydrogen) atoms. The summed E-state index contributed by atoms with van der Waals surface area (Å²) in [5.74, 6) is -0.566. The number of halogens is 3. The molecule has 0 bridgehead atoms. The molecule has 0 unspecified atom stereocenters. The topological polar surface area (TPSA) is 63.6 Å². The summed E-state index contributed by atoms with van der Waals surface area (Å²) in [4.78, 5) is 21.2. The molecule has 0 aromatic carbocycles. The first kappa shape index (κ1) is 13.3. The van der Waals surface area contributed by atoms with Crippen molar-refractivity contribution in [2.75, 3.05) is 0 Å². The highest BCUT2D eigenvalue weighted by atomic mass is 19.4. The van der Waals surface area contributed by atoms with Gasteiger partial charge in [-0.25, -0.2) is 9.97 Å². The van der Waals surface area contributed by atoms with E-state index in [4.69, 9.17) is 0 Å². The van der Waals surface area contributed by atoms with Crippen LogP contribution < -0.4 is 5.56 Å². The number of aryl methyl sites for hydroxylation is 1. The summed E-state index contributed by atoms with van der Waals surface area (Å²) in [6.45, 7) is 1.65. The third-order valence-corrected chi connectivity index (χ3v) is 2.48. The fourth-order valence-electron chi connectivity index (χ4n) is 1.68. The van der Waals surface area contributed by atoms with Gasteiger partial charge in [-0.15, -0.1) is 0 Å². The van der Waals surface area contributed by atoms with E-state index >= 15 is 0 Å². The van der Waals surface area contributed by atoms with Crippen LogP contribution in [0.5, 0.6) is 0 Å². The molecule has 2 rings (SSSR count). The van der Waals surface area contributed by atoms with E-state index in [1.165, 1.54) is 12.3 Å². The first-order valence-corrected chi connectivity index (χ1v) is 5.57. The number of imidazole rings is 1. The second-order valence-corrected chi connectivity index (χ2v) is 3.91. The first-order valence-electron chi connectivity index (χ1n) is 5.57. The predicted molar refractivity (Wildman–Crippen MR) is 60.6 cm³/mol. The number of aromatic amines is 1. The Kier molecular flexibility index (Phi) is 3.41. The van der Waals surface area contributed by atoms with Crippen LogP contribution in [0.2, 0.25) is 0 Å². The number of rotatable bonds is 3. The number of hydrogen-bond acceptors (Lipinski definition) is 3. The van der Waals surface area contributed by atoms with Crippen molar-refractivity contribution < 1.29 is 13.2 Å². The number of alkyl halides is 3. The second-order valence-electron chi connectivity index (χ2n) is 3.91. The van der Waals surface area contributed by atoms with E-state index < -0.39 is 12.0 Å². The van der Waals surface area contributed by atoms with Crippen LogP contribution in [-0.2, 0) is 19.1 Å². The summed E-state index contributed by atoms with van der Waals surface area (Å²) in [7, 11) is 0. The summed E-state index contributed by atoms with van der Waals surface area (Å²) in [5, 5.41) is 0. The maximum atomic E-state index is 12.6. The molecule has 0 spiro atoms. The van der Waals surface area contributed by atoms with Crippen molar-refractivity contribution in [3.05, 3.63) is 46.2 Å². The van der Waals surface area contributed by atoms with Crippen molar-refractivity contribution in [2.24, 2.45) is 0 Å². The normalized spacial score (nSPS) is 11.8. The van der Waals surface area contributed by atoms with Crippen molar-refractivity contribution in [3.8, 4) is 0 Å². The smallest absolute Gasteiger partial charge is 0.321 e. The van der Waals surface area contributed by atoms with E-state index in [0.717, 1.165) is 10.8 Å². The van der Waals surface area contributed by atoms with Gasteiger partial charge in [0.05, 0.1) is 12.2 Å². The summed E-state index contributed by atoms with van der Waals surface area (Å²) in [5.41, 5.74) is -0.111. The van der Waals surface area contributed by atoms with Gasteiger partial charge in [-0.05, 0) is 0 Å². The molecule has 0 amide bonds. The molecule has 8 heteroatoms. The van der Waals surface area contributed by atoms with Gasteiger partial charge in [0.25, 0.3) is 5.56 Å². The Labute approximate surface area is 106 Å². The second kappa shape index (κ2) is 4.87. The maximum Gasteiger partial charge on any atom is 0.449 e. The molecule has 0 saturated carbocycles. The van der Waals surface area contributed by atoms with Crippen LogP contribution in [-0.4, -0.2) is 19.5 Å². The molecule has 1 N–H and O–H groups in total. The van der Waals surface area contributed by atoms with Crippen LogP contribution in [0.3, 0.4) is 0 Å². The Hall–Kier alpha value is -2.12. The van der Waals surface area contributed by atoms with Crippen LogP contribution >= 0.6 is 0 Å². The average Bonchev–Trinajstić information content (AvgIpc) is 2.76. The molecule has 0 atom stereocenters. The molecule has 0 aliphatic carbocycles. The lowest BCUT2D eigenvalue weighted by molar-refractivity contribution is -0.147. The van der Waals surface area contributed by atoms with Crippen LogP contribution in [0.25, 0.3) is 0 Å². The van der Waals surface area contributed by atoms with Crippen LogP contribution in [0.15, 0.2) is 23.3 Å². The molecular formula is C11H11F3N4O. The lowest BCUT2D eigenvalue weighted by Gasteiger charge is -2.10. The van der Waals surface area contributed by atoms with E-state index in [-0.39, 0.29) is 17.8 Å². The highest BCUT2D eigenvalue weighted by Crippen LogP contribution is 2.27. The minimum atomic E-state index is -4.53. The van der Waals surface area contributed by atoms with Crippen molar-refractivity contribution in [3.63, 3.8) is 0 Å². The summed E-state index contributed by atoms with van der Waals surface area (Å²) >= 11 is 0. The molecule has 5 nitrogen and oxygen atoms in total. The van der Waals surface area contributed by atoms with E-state index in [9.17, 15) is 18.0 Å². The Bertz CT molecular complexity index is 629. The van der Waals surface area contributed by atoms with Crippen molar-refractivity contribution in [1.29, 1.82) is 0 Å². The monoisotopic (exact) mass is 272 g/mol. The van der Waals surface area contributed by atoms with E-state index in [1.54, 1.807) is 6.92 Å². The highest BCUT2D eigenvalue weighted by Gasteiger charge is 2.36. The molecule has 2 heterocycles. The van der Waals surface area contributed by atoms with Crippen molar-refractivity contribution in [1.82, 2.24) is 19.5 Å². The maximum absolute atomic E-state index is 12.6. The van der Waals surface area contributed by atoms with Crippen LogP contribution in [0.1, 0.15) is 24.3 Å². The molecule has 0 saturated heterocycles. The van der Waals surface area contributed by atoms with Crippen LogP contribution in [0.4, 0.5) is 13.2 Å². The Balaban J connectivity index is 2.34. The van der Waals surface area contributed by atoms with Crippen molar-refractivity contribution in [2.45, 2.75) is 26.1 Å². The van der Waals surface area contributed by atoms with Gasteiger partial charge in [-0.2, -0.15) is 13.2 Å². The Morgan fingerprint density at radius 1 is 1.42 bits per heavy atom. The van der Waals surface area contributed by atoms with Gasteiger partial charge in [0.15, 0.2) is 0 Å². The molecular weight excluding hydrogens is 261 g/mol.